The normalized spacial score (nSPS) is 12.2. The van der Waals surface area contributed by atoms with Crippen LogP contribution in [0.3, 0.4) is 0 Å². The van der Waals surface area contributed by atoms with Gasteiger partial charge in [0.15, 0.2) is 0 Å². The molecule has 1 heterocycles. The Hall–Kier alpha value is -2.63. The number of halogens is 1. The highest BCUT2D eigenvalue weighted by atomic mass is 35.5. The Morgan fingerprint density at radius 3 is 2.32 bits per heavy atom. The van der Waals surface area contributed by atoms with Gasteiger partial charge in [-0.05, 0) is 38.1 Å². The lowest BCUT2D eigenvalue weighted by atomic mass is 10.0. The highest BCUT2D eigenvalue weighted by Crippen LogP contribution is 2.23. The molecule has 164 valence electrons. The van der Waals surface area contributed by atoms with Crippen molar-refractivity contribution < 1.29 is 4.79 Å². The number of nitrogens with one attached hydrogen (secondary N) is 1. The van der Waals surface area contributed by atoms with Gasteiger partial charge in [-0.25, -0.2) is 4.68 Å². The Morgan fingerprint density at radius 1 is 1.06 bits per heavy atom. The van der Waals surface area contributed by atoms with Crippen LogP contribution < -0.4 is 5.32 Å². The average molecular weight is 439 g/mol. The van der Waals surface area contributed by atoms with E-state index in [1.807, 2.05) is 25.1 Å². The number of rotatable bonds is 9. The van der Waals surface area contributed by atoms with Gasteiger partial charge >= 0.3 is 0 Å². The topological polar surface area (TPSA) is 50.2 Å². The molecule has 0 fully saturated rings. The molecular weight excluding hydrogens is 408 g/mol. The fourth-order valence-corrected chi connectivity index (χ4v) is 4.18. The molecule has 6 heteroatoms. The third kappa shape index (κ3) is 5.54. The van der Waals surface area contributed by atoms with Crippen LogP contribution in [0.4, 0.5) is 0 Å². The van der Waals surface area contributed by atoms with Gasteiger partial charge in [0, 0.05) is 6.54 Å². The highest BCUT2D eigenvalue weighted by Gasteiger charge is 2.23. The molecule has 0 aliphatic rings. The standard InChI is InChI=1S/C25H31ClN4O/c1-5-29(6-2)22(21-10-8-7-9-11-21)16-27-25(31)23-19(4)28-30(24(23)26)17-20-14-12-18(3)13-15-20/h7-15,22H,5-6,16-17H2,1-4H3,(H,27,31). The second-order valence-corrected chi connectivity index (χ2v) is 8.11. The Bertz CT molecular complexity index is 994. The minimum absolute atomic E-state index is 0.0989. The van der Waals surface area contributed by atoms with Crippen molar-refractivity contribution in [3.63, 3.8) is 0 Å². The van der Waals surface area contributed by atoms with Gasteiger partial charge in [-0.2, -0.15) is 5.10 Å². The van der Waals surface area contributed by atoms with E-state index in [1.54, 1.807) is 4.68 Å². The van der Waals surface area contributed by atoms with Crippen molar-refractivity contribution in [3.8, 4) is 0 Å². The fourth-order valence-electron chi connectivity index (χ4n) is 3.86. The molecule has 1 unspecified atom stereocenters. The highest BCUT2D eigenvalue weighted by molar-refractivity contribution is 6.33. The van der Waals surface area contributed by atoms with Crippen molar-refractivity contribution in [2.24, 2.45) is 0 Å². The van der Waals surface area contributed by atoms with E-state index in [0.29, 0.717) is 29.5 Å². The van der Waals surface area contributed by atoms with Gasteiger partial charge < -0.3 is 5.32 Å². The Balaban J connectivity index is 1.76. The Morgan fingerprint density at radius 2 is 1.71 bits per heavy atom. The molecule has 0 aliphatic heterocycles. The number of aryl methyl sites for hydroxylation is 2. The van der Waals surface area contributed by atoms with Gasteiger partial charge in [-0.15, -0.1) is 0 Å². The van der Waals surface area contributed by atoms with Gasteiger partial charge in [0.2, 0.25) is 0 Å². The van der Waals surface area contributed by atoms with E-state index < -0.39 is 0 Å². The first-order valence-corrected chi connectivity index (χ1v) is 11.2. The smallest absolute Gasteiger partial charge is 0.256 e. The molecule has 0 saturated heterocycles. The number of carbonyl (C=O) groups is 1. The van der Waals surface area contributed by atoms with Gasteiger partial charge in [0.25, 0.3) is 5.91 Å². The van der Waals surface area contributed by atoms with Gasteiger partial charge in [-0.3, -0.25) is 9.69 Å². The summed E-state index contributed by atoms with van der Waals surface area (Å²) in [4.78, 5) is 15.4. The lowest BCUT2D eigenvalue weighted by Crippen LogP contribution is -2.38. The fraction of sp³-hybridized carbons (Fsp3) is 0.360. The predicted octanol–water partition coefficient (Wildman–Crippen LogP) is 5.01. The molecule has 0 aliphatic carbocycles. The summed E-state index contributed by atoms with van der Waals surface area (Å²) in [6.07, 6.45) is 0. The van der Waals surface area contributed by atoms with E-state index in [-0.39, 0.29) is 11.9 Å². The van der Waals surface area contributed by atoms with E-state index in [2.05, 4.69) is 72.5 Å². The summed E-state index contributed by atoms with van der Waals surface area (Å²) in [5.41, 5.74) is 4.55. The van der Waals surface area contributed by atoms with Crippen molar-refractivity contribution in [2.45, 2.75) is 40.3 Å². The summed E-state index contributed by atoms with van der Waals surface area (Å²) < 4.78 is 1.69. The molecule has 3 rings (SSSR count). The monoisotopic (exact) mass is 438 g/mol. The van der Waals surface area contributed by atoms with E-state index >= 15 is 0 Å². The van der Waals surface area contributed by atoms with Crippen LogP contribution in [0.5, 0.6) is 0 Å². The number of benzene rings is 2. The maximum atomic E-state index is 13.1. The molecule has 5 nitrogen and oxygen atoms in total. The molecule has 0 saturated carbocycles. The zero-order chi connectivity index (χ0) is 22.4. The van der Waals surface area contributed by atoms with Crippen LogP contribution in [0.15, 0.2) is 54.6 Å². The zero-order valence-corrected chi connectivity index (χ0v) is 19.5. The van der Waals surface area contributed by atoms with Crippen molar-refractivity contribution in [3.05, 3.63) is 87.7 Å². The van der Waals surface area contributed by atoms with Crippen LogP contribution in [0.25, 0.3) is 0 Å². The van der Waals surface area contributed by atoms with E-state index in [4.69, 9.17) is 11.6 Å². The number of hydrogen-bond acceptors (Lipinski definition) is 3. The van der Waals surface area contributed by atoms with Crippen LogP contribution in [0.2, 0.25) is 5.15 Å². The van der Waals surface area contributed by atoms with Crippen LogP contribution in [0, 0.1) is 13.8 Å². The number of likely N-dealkylation sites (N-methyl/N-ethyl adjacent to an activating group) is 1. The maximum Gasteiger partial charge on any atom is 0.256 e. The summed E-state index contributed by atoms with van der Waals surface area (Å²) in [5, 5.41) is 7.98. The summed E-state index contributed by atoms with van der Waals surface area (Å²) in [5.74, 6) is -0.189. The molecule has 3 aromatic rings. The summed E-state index contributed by atoms with van der Waals surface area (Å²) in [6, 6.07) is 18.6. The van der Waals surface area contributed by atoms with Crippen molar-refractivity contribution in [2.75, 3.05) is 19.6 Å². The molecule has 2 aromatic carbocycles. The predicted molar refractivity (Wildman–Crippen MR) is 127 cm³/mol. The minimum Gasteiger partial charge on any atom is -0.350 e. The largest absolute Gasteiger partial charge is 0.350 e. The molecular formula is C25H31ClN4O. The Kier molecular flexibility index (Phi) is 7.88. The number of hydrogen-bond donors (Lipinski definition) is 1. The summed E-state index contributed by atoms with van der Waals surface area (Å²) >= 11 is 6.58. The molecule has 1 aromatic heterocycles. The molecule has 0 bridgehead atoms. The summed E-state index contributed by atoms with van der Waals surface area (Å²) in [7, 11) is 0. The molecule has 1 amide bonds. The number of aromatic nitrogens is 2. The minimum atomic E-state index is -0.189. The van der Waals surface area contributed by atoms with Crippen molar-refractivity contribution in [1.29, 1.82) is 0 Å². The van der Waals surface area contributed by atoms with Gasteiger partial charge in [0.05, 0.1) is 23.8 Å². The van der Waals surface area contributed by atoms with Crippen molar-refractivity contribution in [1.82, 2.24) is 20.0 Å². The number of nitrogens with zero attached hydrogens (tertiary/aromatic N) is 3. The quantitative estimate of drug-likeness (QED) is 0.510. The third-order valence-electron chi connectivity index (χ3n) is 5.64. The zero-order valence-electron chi connectivity index (χ0n) is 18.7. The van der Waals surface area contributed by atoms with Crippen LogP contribution in [-0.2, 0) is 6.54 Å². The molecule has 31 heavy (non-hydrogen) atoms. The number of carbonyl (C=O) groups excluding carboxylic acids is 1. The molecule has 1 atom stereocenters. The average Bonchev–Trinajstić information content (AvgIpc) is 3.06. The molecule has 0 spiro atoms. The lowest BCUT2D eigenvalue weighted by Gasteiger charge is -2.30. The molecule has 1 N–H and O–H groups in total. The first kappa shape index (κ1) is 23.0. The number of amides is 1. The van der Waals surface area contributed by atoms with Crippen LogP contribution in [-0.4, -0.2) is 40.2 Å². The lowest BCUT2D eigenvalue weighted by molar-refractivity contribution is 0.0934. The van der Waals surface area contributed by atoms with Gasteiger partial charge in [-0.1, -0.05) is 85.6 Å². The van der Waals surface area contributed by atoms with E-state index in [9.17, 15) is 4.79 Å². The van der Waals surface area contributed by atoms with Crippen molar-refractivity contribution >= 4 is 17.5 Å². The first-order valence-electron chi connectivity index (χ1n) is 10.8. The third-order valence-corrected chi connectivity index (χ3v) is 6.02. The van der Waals surface area contributed by atoms with Gasteiger partial charge in [0.1, 0.15) is 5.15 Å². The summed E-state index contributed by atoms with van der Waals surface area (Å²) in [6.45, 7) is 11.0. The van der Waals surface area contributed by atoms with E-state index in [1.165, 1.54) is 11.1 Å². The Labute approximate surface area is 190 Å². The first-order chi connectivity index (χ1) is 14.9. The second-order valence-electron chi connectivity index (χ2n) is 7.75. The second kappa shape index (κ2) is 10.6. The van der Waals surface area contributed by atoms with Crippen LogP contribution >= 0.6 is 11.6 Å². The van der Waals surface area contributed by atoms with Crippen LogP contribution in [0.1, 0.15) is 52.6 Å². The van der Waals surface area contributed by atoms with E-state index in [0.717, 1.165) is 18.7 Å². The maximum absolute atomic E-state index is 13.1. The SMILES string of the molecule is CCN(CC)C(CNC(=O)c1c(C)nn(Cc2ccc(C)cc2)c1Cl)c1ccccc1. The molecule has 0 radical (unpaired) electrons.